The Balaban J connectivity index is 2.64. The lowest BCUT2D eigenvalue weighted by Crippen LogP contribution is -2.45. The van der Waals surface area contributed by atoms with E-state index in [-0.39, 0.29) is 22.6 Å². The summed E-state index contributed by atoms with van der Waals surface area (Å²) in [5, 5.41) is 42.1. The van der Waals surface area contributed by atoms with E-state index in [1.807, 2.05) is 13.8 Å². The van der Waals surface area contributed by atoms with Gasteiger partial charge in [0.25, 0.3) is 0 Å². The second-order valence-electron chi connectivity index (χ2n) is 6.19. The van der Waals surface area contributed by atoms with E-state index in [1.54, 1.807) is 24.3 Å². The molecule has 0 bridgehead atoms. The lowest BCUT2D eigenvalue weighted by molar-refractivity contribution is -0.144. The van der Waals surface area contributed by atoms with Crippen LogP contribution >= 0.6 is 0 Å². The molecule has 0 heterocycles. The second kappa shape index (κ2) is 5.30. The van der Waals surface area contributed by atoms with Crippen molar-refractivity contribution in [1.29, 1.82) is 0 Å². The highest BCUT2D eigenvalue weighted by Gasteiger charge is 2.47. The number of aromatic hydroxyl groups is 2. The van der Waals surface area contributed by atoms with Crippen LogP contribution in [0.3, 0.4) is 0 Å². The van der Waals surface area contributed by atoms with Gasteiger partial charge in [0.2, 0.25) is 0 Å². The summed E-state index contributed by atoms with van der Waals surface area (Å²) in [5.41, 5.74) is -1.49. The average molecular weight is 302 g/mol. The van der Waals surface area contributed by atoms with Crippen molar-refractivity contribution in [3.05, 3.63) is 58.7 Å². The first-order chi connectivity index (χ1) is 10.1. The van der Waals surface area contributed by atoms with Crippen molar-refractivity contribution >= 4 is 0 Å². The number of phenols is 2. The summed E-state index contributed by atoms with van der Waals surface area (Å²) >= 11 is 0. The molecule has 4 N–H and O–H groups in total. The molecule has 0 fully saturated rings. The molecule has 2 unspecified atom stereocenters. The molecule has 4 nitrogen and oxygen atoms in total. The van der Waals surface area contributed by atoms with Gasteiger partial charge in [-0.25, -0.2) is 0 Å². The van der Waals surface area contributed by atoms with Crippen LogP contribution in [-0.2, 0) is 11.2 Å². The van der Waals surface area contributed by atoms with Crippen LogP contribution in [0.25, 0.3) is 0 Å². The predicted molar refractivity (Wildman–Crippen MR) is 84.8 cm³/mol. The molecule has 0 amide bonds. The van der Waals surface area contributed by atoms with Gasteiger partial charge in [-0.1, -0.05) is 23.3 Å². The van der Waals surface area contributed by atoms with E-state index in [0.717, 1.165) is 11.1 Å². The fraction of sp³-hybridized carbons (Fsp3) is 0.333. The quantitative estimate of drug-likeness (QED) is 0.703. The smallest absolute Gasteiger partial charge is 0.123 e. The molecule has 0 aliphatic rings. The van der Waals surface area contributed by atoms with E-state index < -0.39 is 11.2 Å². The summed E-state index contributed by atoms with van der Waals surface area (Å²) in [5.74, 6) is -0.217. The number of aliphatic hydroxyl groups is 2. The van der Waals surface area contributed by atoms with Crippen LogP contribution < -0.4 is 0 Å². The van der Waals surface area contributed by atoms with Crippen LogP contribution in [0, 0.1) is 13.8 Å². The molecule has 0 aliphatic heterocycles. The summed E-state index contributed by atoms with van der Waals surface area (Å²) in [6.45, 7) is 6.50. The topological polar surface area (TPSA) is 80.9 Å². The van der Waals surface area contributed by atoms with E-state index in [2.05, 4.69) is 0 Å². The molecule has 22 heavy (non-hydrogen) atoms. The molecule has 0 saturated heterocycles. The third-order valence-corrected chi connectivity index (χ3v) is 4.30. The number of hydrogen-bond donors (Lipinski definition) is 4. The SMILES string of the molecule is Cc1ccc(O)c(C(C)(O)C(C)(O)c2cc(C)ccc2O)c1. The monoisotopic (exact) mass is 302 g/mol. The Kier molecular flexibility index (Phi) is 3.94. The van der Waals surface area contributed by atoms with E-state index >= 15 is 0 Å². The van der Waals surface area contributed by atoms with Crippen LogP contribution in [0.4, 0.5) is 0 Å². The summed E-state index contributed by atoms with van der Waals surface area (Å²) in [4.78, 5) is 0. The van der Waals surface area contributed by atoms with E-state index in [4.69, 9.17) is 0 Å². The third-order valence-electron chi connectivity index (χ3n) is 4.30. The Morgan fingerprint density at radius 3 is 1.32 bits per heavy atom. The lowest BCUT2D eigenvalue weighted by atomic mass is 9.74. The van der Waals surface area contributed by atoms with Gasteiger partial charge in [-0.3, -0.25) is 0 Å². The minimum atomic E-state index is -1.80. The lowest BCUT2D eigenvalue weighted by Gasteiger charge is -2.40. The zero-order chi connectivity index (χ0) is 16.7. The summed E-state index contributed by atoms with van der Waals surface area (Å²) in [6.07, 6.45) is 0. The maximum atomic E-state index is 11.0. The zero-order valence-corrected chi connectivity index (χ0v) is 13.3. The van der Waals surface area contributed by atoms with Crippen molar-refractivity contribution in [2.75, 3.05) is 0 Å². The highest BCUT2D eigenvalue weighted by molar-refractivity contribution is 5.47. The predicted octanol–water partition coefficient (Wildman–Crippen LogP) is 2.83. The summed E-state index contributed by atoms with van der Waals surface area (Å²) in [7, 11) is 0. The summed E-state index contributed by atoms with van der Waals surface area (Å²) < 4.78 is 0. The maximum absolute atomic E-state index is 11.0. The third kappa shape index (κ3) is 2.56. The molecule has 2 atom stereocenters. The molecule has 0 radical (unpaired) electrons. The van der Waals surface area contributed by atoms with Crippen LogP contribution in [0.2, 0.25) is 0 Å². The van der Waals surface area contributed by atoms with Crippen molar-refractivity contribution in [3.8, 4) is 11.5 Å². The van der Waals surface area contributed by atoms with Crippen LogP contribution in [0.15, 0.2) is 36.4 Å². The number of phenolic OH excluding ortho intramolecular Hbond substituents is 2. The maximum Gasteiger partial charge on any atom is 0.123 e. The van der Waals surface area contributed by atoms with Gasteiger partial charge in [-0.15, -0.1) is 0 Å². The second-order valence-corrected chi connectivity index (χ2v) is 6.19. The van der Waals surface area contributed by atoms with Gasteiger partial charge in [0.15, 0.2) is 0 Å². The number of rotatable bonds is 3. The van der Waals surface area contributed by atoms with Crippen LogP contribution in [0.1, 0.15) is 36.1 Å². The van der Waals surface area contributed by atoms with Crippen molar-refractivity contribution in [2.45, 2.75) is 38.9 Å². The fourth-order valence-electron chi connectivity index (χ4n) is 2.60. The van der Waals surface area contributed by atoms with Crippen LogP contribution in [0.5, 0.6) is 11.5 Å². The van der Waals surface area contributed by atoms with Crippen molar-refractivity contribution < 1.29 is 20.4 Å². The highest BCUT2D eigenvalue weighted by atomic mass is 16.4. The van der Waals surface area contributed by atoms with Crippen molar-refractivity contribution in [3.63, 3.8) is 0 Å². The molecule has 118 valence electrons. The molecular weight excluding hydrogens is 280 g/mol. The first-order valence-electron chi connectivity index (χ1n) is 7.12. The normalized spacial score (nSPS) is 16.8. The zero-order valence-electron chi connectivity index (χ0n) is 13.3. The van der Waals surface area contributed by atoms with Gasteiger partial charge in [0.05, 0.1) is 0 Å². The van der Waals surface area contributed by atoms with Gasteiger partial charge < -0.3 is 20.4 Å². The van der Waals surface area contributed by atoms with E-state index in [0.29, 0.717) is 0 Å². The van der Waals surface area contributed by atoms with Crippen LogP contribution in [-0.4, -0.2) is 20.4 Å². The van der Waals surface area contributed by atoms with Gasteiger partial charge in [-0.2, -0.15) is 0 Å². The molecule has 4 heteroatoms. The number of benzene rings is 2. The van der Waals surface area contributed by atoms with Gasteiger partial charge in [0, 0.05) is 11.1 Å². The summed E-state index contributed by atoms with van der Waals surface area (Å²) in [6, 6.07) is 9.63. The first kappa shape index (κ1) is 16.3. The van der Waals surface area contributed by atoms with Gasteiger partial charge >= 0.3 is 0 Å². The van der Waals surface area contributed by atoms with Crippen molar-refractivity contribution in [1.82, 2.24) is 0 Å². The van der Waals surface area contributed by atoms with E-state index in [1.165, 1.54) is 26.0 Å². The standard InChI is InChI=1S/C18H22O4/c1-11-5-7-15(19)13(9-11)17(3,21)18(4,22)14-10-12(2)6-8-16(14)20/h5-10,19-22H,1-4H3. The molecule has 0 aromatic heterocycles. The molecule has 2 aromatic carbocycles. The Bertz CT molecular complexity index is 641. The minimum absolute atomic E-state index is 0.108. The Morgan fingerprint density at radius 1 is 0.682 bits per heavy atom. The molecule has 0 aliphatic carbocycles. The number of aryl methyl sites for hydroxylation is 2. The molecule has 0 saturated carbocycles. The molecular formula is C18H22O4. The van der Waals surface area contributed by atoms with E-state index in [9.17, 15) is 20.4 Å². The Labute approximate surface area is 130 Å². The van der Waals surface area contributed by atoms with Gasteiger partial charge in [0.1, 0.15) is 22.7 Å². The minimum Gasteiger partial charge on any atom is -0.508 e. The van der Waals surface area contributed by atoms with Crippen molar-refractivity contribution in [2.24, 2.45) is 0 Å². The Morgan fingerprint density at radius 2 is 1.00 bits per heavy atom. The largest absolute Gasteiger partial charge is 0.508 e. The first-order valence-corrected chi connectivity index (χ1v) is 7.12. The molecule has 2 rings (SSSR count). The van der Waals surface area contributed by atoms with Gasteiger partial charge in [-0.05, 0) is 52.0 Å². The fourth-order valence-corrected chi connectivity index (χ4v) is 2.60. The molecule has 0 spiro atoms. The highest BCUT2D eigenvalue weighted by Crippen LogP contribution is 2.46. The average Bonchev–Trinajstić information content (AvgIpc) is 2.43. The Hall–Kier alpha value is -2.04. The number of hydrogen-bond acceptors (Lipinski definition) is 4. The molecule has 2 aromatic rings.